The van der Waals surface area contributed by atoms with Crippen LogP contribution in [-0.2, 0) is 0 Å². The standard InChI is InChI=1S/C16H13ClO3/c1-19-12-5-6-13-14(18)9-15(20-16(13)8-12)10-3-2-4-11(17)7-10/h2-8,15H,9H2,1H3. The summed E-state index contributed by atoms with van der Waals surface area (Å²) >= 11 is 5.99. The van der Waals surface area contributed by atoms with Gasteiger partial charge < -0.3 is 9.47 Å². The first-order chi connectivity index (χ1) is 9.67. The quantitative estimate of drug-likeness (QED) is 0.836. The van der Waals surface area contributed by atoms with Crippen molar-refractivity contribution in [3.05, 3.63) is 58.6 Å². The number of hydrogen-bond donors (Lipinski definition) is 0. The second-order valence-corrected chi connectivity index (χ2v) is 5.09. The van der Waals surface area contributed by atoms with Gasteiger partial charge in [0.1, 0.15) is 17.6 Å². The molecule has 0 aliphatic carbocycles. The lowest BCUT2D eigenvalue weighted by Gasteiger charge is -2.26. The molecule has 1 aliphatic rings. The average Bonchev–Trinajstić information content (AvgIpc) is 2.46. The lowest BCUT2D eigenvalue weighted by atomic mass is 9.96. The zero-order valence-electron chi connectivity index (χ0n) is 10.9. The molecular formula is C16H13ClO3. The molecule has 0 aromatic heterocycles. The fraction of sp³-hybridized carbons (Fsp3) is 0.188. The maximum absolute atomic E-state index is 12.2. The van der Waals surface area contributed by atoms with E-state index in [4.69, 9.17) is 21.1 Å². The maximum atomic E-state index is 12.2. The SMILES string of the molecule is COc1ccc2c(c1)OC(c1cccc(Cl)c1)CC2=O. The van der Waals surface area contributed by atoms with Crippen molar-refractivity contribution in [2.75, 3.05) is 7.11 Å². The zero-order chi connectivity index (χ0) is 14.1. The number of carbonyl (C=O) groups excluding carboxylic acids is 1. The first-order valence-electron chi connectivity index (χ1n) is 6.31. The topological polar surface area (TPSA) is 35.5 Å². The van der Waals surface area contributed by atoms with Crippen LogP contribution in [-0.4, -0.2) is 12.9 Å². The van der Waals surface area contributed by atoms with Crippen LogP contribution >= 0.6 is 11.6 Å². The van der Waals surface area contributed by atoms with E-state index >= 15 is 0 Å². The first-order valence-corrected chi connectivity index (χ1v) is 6.68. The van der Waals surface area contributed by atoms with Crippen LogP contribution in [0.25, 0.3) is 0 Å². The molecule has 1 heterocycles. The molecule has 0 saturated carbocycles. The summed E-state index contributed by atoms with van der Waals surface area (Å²) in [5, 5.41) is 0.634. The van der Waals surface area contributed by atoms with Gasteiger partial charge in [-0.2, -0.15) is 0 Å². The number of fused-ring (bicyclic) bond motifs is 1. The molecule has 0 radical (unpaired) electrons. The monoisotopic (exact) mass is 288 g/mol. The van der Waals surface area contributed by atoms with Crippen LogP contribution in [0.1, 0.15) is 28.4 Å². The highest BCUT2D eigenvalue weighted by Gasteiger charge is 2.28. The summed E-state index contributed by atoms with van der Waals surface area (Å²) in [6, 6.07) is 12.6. The highest BCUT2D eigenvalue weighted by Crippen LogP contribution is 2.37. The lowest BCUT2D eigenvalue weighted by Crippen LogP contribution is -2.20. The Morgan fingerprint density at radius 1 is 1.25 bits per heavy atom. The van der Waals surface area contributed by atoms with Crippen LogP contribution in [0.3, 0.4) is 0 Å². The molecule has 0 spiro atoms. The van der Waals surface area contributed by atoms with Crippen LogP contribution in [0, 0.1) is 0 Å². The Morgan fingerprint density at radius 2 is 2.10 bits per heavy atom. The molecule has 4 heteroatoms. The third-order valence-corrected chi connectivity index (χ3v) is 3.58. The second-order valence-electron chi connectivity index (χ2n) is 4.65. The van der Waals surface area contributed by atoms with Crippen LogP contribution in [0.5, 0.6) is 11.5 Å². The maximum Gasteiger partial charge on any atom is 0.170 e. The number of Topliss-reactive ketones (excluding diaryl/α,β-unsaturated/α-hetero) is 1. The predicted octanol–water partition coefficient (Wildman–Crippen LogP) is 4.06. The minimum absolute atomic E-state index is 0.0684. The molecule has 1 aliphatic heterocycles. The van der Waals surface area contributed by atoms with Gasteiger partial charge in [0.15, 0.2) is 5.78 Å². The van der Waals surface area contributed by atoms with E-state index in [0.717, 1.165) is 5.56 Å². The van der Waals surface area contributed by atoms with Gasteiger partial charge >= 0.3 is 0 Å². The Hall–Kier alpha value is -2.00. The van der Waals surface area contributed by atoms with Crippen molar-refractivity contribution in [3.63, 3.8) is 0 Å². The highest BCUT2D eigenvalue weighted by atomic mass is 35.5. The molecule has 102 valence electrons. The summed E-state index contributed by atoms with van der Waals surface area (Å²) in [7, 11) is 1.58. The van der Waals surface area contributed by atoms with Crippen LogP contribution in [0.15, 0.2) is 42.5 Å². The van der Waals surface area contributed by atoms with Gasteiger partial charge in [-0.3, -0.25) is 4.79 Å². The van der Waals surface area contributed by atoms with E-state index in [1.165, 1.54) is 0 Å². The number of hydrogen-bond acceptors (Lipinski definition) is 3. The molecule has 1 unspecified atom stereocenters. The average molecular weight is 289 g/mol. The number of carbonyl (C=O) groups is 1. The Balaban J connectivity index is 1.97. The summed E-state index contributed by atoms with van der Waals surface area (Å²) in [6.45, 7) is 0. The zero-order valence-corrected chi connectivity index (χ0v) is 11.7. The van der Waals surface area contributed by atoms with Crippen LogP contribution in [0.2, 0.25) is 5.02 Å². The van der Waals surface area contributed by atoms with Crippen molar-refractivity contribution in [1.29, 1.82) is 0 Å². The number of halogens is 1. The van der Waals surface area contributed by atoms with Crippen LogP contribution in [0.4, 0.5) is 0 Å². The molecule has 2 aromatic rings. The van der Waals surface area contributed by atoms with Gasteiger partial charge in [-0.15, -0.1) is 0 Å². The molecule has 0 amide bonds. The van der Waals surface area contributed by atoms with Gasteiger partial charge in [0.25, 0.3) is 0 Å². The van der Waals surface area contributed by atoms with Crippen molar-refractivity contribution in [2.45, 2.75) is 12.5 Å². The smallest absolute Gasteiger partial charge is 0.170 e. The number of ketones is 1. The molecule has 2 aromatic carbocycles. The van der Waals surface area contributed by atoms with Gasteiger partial charge in [-0.1, -0.05) is 23.7 Å². The Kier molecular flexibility index (Phi) is 3.36. The minimum atomic E-state index is -0.305. The minimum Gasteiger partial charge on any atom is -0.497 e. The summed E-state index contributed by atoms with van der Waals surface area (Å²) in [5.41, 5.74) is 1.50. The molecule has 0 fully saturated rings. The predicted molar refractivity (Wildman–Crippen MR) is 76.8 cm³/mol. The Labute approximate surface area is 122 Å². The van der Waals surface area contributed by atoms with Gasteiger partial charge in [-0.25, -0.2) is 0 Å². The molecule has 20 heavy (non-hydrogen) atoms. The number of methoxy groups -OCH3 is 1. The summed E-state index contributed by atoms with van der Waals surface area (Å²) in [5.74, 6) is 1.30. The lowest BCUT2D eigenvalue weighted by molar-refractivity contribution is 0.0849. The van der Waals surface area contributed by atoms with Crippen molar-refractivity contribution < 1.29 is 14.3 Å². The van der Waals surface area contributed by atoms with Crippen molar-refractivity contribution in [2.24, 2.45) is 0 Å². The molecular weight excluding hydrogens is 276 g/mol. The number of ether oxygens (including phenoxy) is 2. The van der Waals surface area contributed by atoms with Gasteiger partial charge in [0, 0.05) is 11.1 Å². The van der Waals surface area contributed by atoms with Crippen molar-refractivity contribution in [1.82, 2.24) is 0 Å². The Bertz CT molecular complexity index is 667. The molecule has 1 atom stereocenters. The van der Waals surface area contributed by atoms with Crippen LogP contribution < -0.4 is 9.47 Å². The fourth-order valence-electron chi connectivity index (χ4n) is 2.32. The summed E-state index contributed by atoms with van der Waals surface area (Å²) < 4.78 is 11.1. The molecule has 3 nitrogen and oxygen atoms in total. The van der Waals surface area contributed by atoms with Crippen molar-refractivity contribution in [3.8, 4) is 11.5 Å². The van der Waals surface area contributed by atoms with E-state index in [1.807, 2.05) is 18.2 Å². The summed E-state index contributed by atoms with van der Waals surface area (Å²) in [6.07, 6.45) is 0.0143. The Morgan fingerprint density at radius 3 is 2.85 bits per heavy atom. The number of benzene rings is 2. The number of rotatable bonds is 2. The van der Waals surface area contributed by atoms with Gasteiger partial charge in [0.05, 0.1) is 19.1 Å². The van der Waals surface area contributed by atoms with E-state index in [-0.39, 0.29) is 11.9 Å². The molecule has 3 rings (SSSR count). The molecule has 0 saturated heterocycles. The van der Waals surface area contributed by atoms with E-state index < -0.39 is 0 Å². The summed E-state index contributed by atoms with van der Waals surface area (Å²) in [4.78, 5) is 12.2. The van der Waals surface area contributed by atoms with E-state index in [1.54, 1.807) is 31.4 Å². The van der Waals surface area contributed by atoms with Crippen molar-refractivity contribution >= 4 is 17.4 Å². The third kappa shape index (κ3) is 2.37. The highest BCUT2D eigenvalue weighted by molar-refractivity contribution is 6.30. The normalized spacial score (nSPS) is 17.3. The van der Waals surface area contributed by atoms with Gasteiger partial charge in [0.2, 0.25) is 0 Å². The largest absolute Gasteiger partial charge is 0.497 e. The fourth-order valence-corrected chi connectivity index (χ4v) is 2.52. The molecule has 0 N–H and O–H groups in total. The van der Waals surface area contributed by atoms with E-state index in [2.05, 4.69) is 0 Å². The van der Waals surface area contributed by atoms with E-state index in [9.17, 15) is 4.79 Å². The molecule has 0 bridgehead atoms. The van der Waals surface area contributed by atoms with E-state index in [0.29, 0.717) is 28.5 Å². The first kappa shape index (κ1) is 13.0. The van der Waals surface area contributed by atoms with Gasteiger partial charge in [-0.05, 0) is 29.8 Å². The second kappa shape index (κ2) is 5.17. The third-order valence-electron chi connectivity index (χ3n) is 3.35.